The molecule has 0 aromatic heterocycles. The van der Waals surface area contributed by atoms with Crippen LogP contribution in [0.15, 0.2) is 17.0 Å². The minimum atomic E-state index is -3.91. The molecule has 1 aliphatic rings. The molecule has 4 nitrogen and oxygen atoms in total. The van der Waals surface area contributed by atoms with Gasteiger partial charge in [-0.1, -0.05) is 24.9 Å². The van der Waals surface area contributed by atoms with E-state index in [9.17, 15) is 12.8 Å². The van der Waals surface area contributed by atoms with Crippen LogP contribution in [0.5, 0.6) is 0 Å². The summed E-state index contributed by atoms with van der Waals surface area (Å²) in [4.78, 5) is -0.491. The van der Waals surface area contributed by atoms with Gasteiger partial charge >= 0.3 is 0 Å². The average molecular weight is 293 g/mol. The number of nitrogen functional groups attached to an aromatic ring is 1. The first-order valence-electron chi connectivity index (χ1n) is 5.62. The van der Waals surface area contributed by atoms with E-state index in [2.05, 4.69) is 4.72 Å². The van der Waals surface area contributed by atoms with Gasteiger partial charge in [0, 0.05) is 11.7 Å². The molecule has 1 aromatic carbocycles. The monoisotopic (exact) mass is 292 g/mol. The summed E-state index contributed by atoms with van der Waals surface area (Å²) < 4.78 is 40.2. The molecule has 1 aliphatic carbocycles. The number of nitrogens with two attached hydrogens (primary N) is 1. The standard InChI is InChI=1S/C11H14ClFN2O2S/c1-2-6-3-9(6)15-18(16,17)10-5-7(14)4-8(12)11(10)13/h4-6,9,15H,2-3,14H2,1H3. The smallest absolute Gasteiger partial charge is 0.243 e. The fraction of sp³-hybridized carbons (Fsp3) is 0.455. The number of halogens is 2. The van der Waals surface area contributed by atoms with Crippen molar-refractivity contribution in [2.75, 3.05) is 5.73 Å². The second kappa shape index (κ2) is 4.68. The van der Waals surface area contributed by atoms with Crippen molar-refractivity contribution >= 4 is 27.3 Å². The van der Waals surface area contributed by atoms with Gasteiger partial charge in [-0.2, -0.15) is 0 Å². The highest BCUT2D eigenvalue weighted by Crippen LogP contribution is 2.35. The Kier molecular flexibility index (Phi) is 3.53. The summed E-state index contributed by atoms with van der Waals surface area (Å²) in [5.74, 6) is -0.633. The highest BCUT2D eigenvalue weighted by atomic mass is 35.5. The van der Waals surface area contributed by atoms with E-state index in [1.54, 1.807) is 0 Å². The van der Waals surface area contributed by atoms with Crippen molar-refractivity contribution in [3.63, 3.8) is 0 Å². The van der Waals surface area contributed by atoms with Crippen LogP contribution in [0.2, 0.25) is 5.02 Å². The van der Waals surface area contributed by atoms with E-state index in [-0.39, 0.29) is 16.8 Å². The maximum absolute atomic E-state index is 13.7. The number of hydrogen-bond donors (Lipinski definition) is 2. The van der Waals surface area contributed by atoms with Crippen LogP contribution >= 0.6 is 11.6 Å². The molecular formula is C11H14ClFN2O2S. The first-order chi connectivity index (χ1) is 8.35. The summed E-state index contributed by atoms with van der Waals surface area (Å²) in [6.07, 6.45) is 1.68. The van der Waals surface area contributed by atoms with Crippen molar-refractivity contribution in [3.8, 4) is 0 Å². The van der Waals surface area contributed by atoms with Crippen LogP contribution in [0, 0.1) is 11.7 Å². The number of anilines is 1. The van der Waals surface area contributed by atoms with Gasteiger partial charge in [0.25, 0.3) is 0 Å². The lowest BCUT2D eigenvalue weighted by Crippen LogP contribution is -2.28. The maximum Gasteiger partial charge on any atom is 0.243 e. The summed E-state index contributed by atoms with van der Waals surface area (Å²) in [5.41, 5.74) is 5.60. The Labute approximate surface area is 110 Å². The summed E-state index contributed by atoms with van der Waals surface area (Å²) >= 11 is 5.59. The molecule has 7 heteroatoms. The van der Waals surface area contributed by atoms with Crippen molar-refractivity contribution < 1.29 is 12.8 Å². The molecule has 0 aliphatic heterocycles. The zero-order valence-corrected chi connectivity index (χ0v) is 11.4. The van der Waals surface area contributed by atoms with Crippen LogP contribution in [0.3, 0.4) is 0 Å². The SMILES string of the molecule is CCC1CC1NS(=O)(=O)c1cc(N)cc(Cl)c1F. The molecular weight excluding hydrogens is 279 g/mol. The fourth-order valence-corrected chi connectivity index (χ4v) is 3.62. The zero-order chi connectivity index (χ0) is 13.5. The highest BCUT2D eigenvalue weighted by Gasteiger charge is 2.39. The Morgan fingerprint density at radius 2 is 2.22 bits per heavy atom. The summed E-state index contributed by atoms with van der Waals surface area (Å²) in [7, 11) is -3.91. The third-order valence-electron chi connectivity index (χ3n) is 3.06. The number of nitrogens with one attached hydrogen (secondary N) is 1. The second-order valence-corrected chi connectivity index (χ2v) is 6.54. The van der Waals surface area contributed by atoms with E-state index in [1.165, 1.54) is 6.07 Å². The minimum Gasteiger partial charge on any atom is -0.399 e. The number of hydrogen-bond acceptors (Lipinski definition) is 3. The zero-order valence-electron chi connectivity index (χ0n) is 9.78. The van der Waals surface area contributed by atoms with Gasteiger partial charge in [0.1, 0.15) is 4.90 Å². The predicted octanol–water partition coefficient (Wildman–Crippen LogP) is 2.14. The Bertz CT molecular complexity index is 577. The molecule has 3 N–H and O–H groups in total. The van der Waals surface area contributed by atoms with Crippen LogP contribution in [-0.2, 0) is 10.0 Å². The third-order valence-corrected chi connectivity index (χ3v) is 4.82. The van der Waals surface area contributed by atoms with Gasteiger partial charge in [-0.05, 0) is 24.5 Å². The summed E-state index contributed by atoms with van der Waals surface area (Å²) in [6, 6.07) is 2.15. The largest absolute Gasteiger partial charge is 0.399 e. The van der Waals surface area contributed by atoms with Crippen LogP contribution < -0.4 is 10.5 Å². The van der Waals surface area contributed by atoms with Gasteiger partial charge in [0.15, 0.2) is 5.82 Å². The van der Waals surface area contributed by atoms with Crippen LogP contribution in [0.1, 0.15) is 19.8 Å². The molecule has 100 valence electrons. The lowest BCUT2D eigenvalue weighted by Gasteiger charge is -2.09. The molecule has 0 radical (unpaired) electrons. The van der Waals surface area contributed by atoms with Crippen molar-refractivity contribution in [2.45, 2.75) is 30.7 Å². The molecule has 1 saturated carbocycles. The van der Waals surface area contributed by atoms with Gasteiger partial charge in [0.2, 0.25) is 10.0 Å². The molecule has 2 rings (SSSR count). The normalized spacial score (nSPS) is 23.1. The van der Waals surface area contributed by atoms with E-state index < -0.39 is 20.7 Å². The molecule has 0 heterocycles. The lowest BCUT2D eigenvalue weighted by atomic mass is 10.3. The van der Waals surface area contributed by atoms with E-state index in [1.807, 2.05) is 6.92 Å². The van der Waals surface area contributed by atoms with Crippen molar-refractivity contribution in [3.05, 3.63) is 23.0 Å². The van der Waals surface area contributed by atoms with E-state index >= 15 is 0 Å². The van der Waals surface area contributed by atoms with E-state index in [0.29, 0.717) is 5.92 Å². The second-order valence-electron chi connectivity index (χ2n) is 4.45. The van der Waals surface area contributed by atoms with Crippen molar-refractivity contribution in [1.82, 2.24) is 4.72 Å². The molecule has 2 unspecified atom stereocenters. The number of benzene rings is 1. The Balaban J connectivity index is 2.30. The molecule has 0 bridgehead atoms. The lowest BCUT2D eigenvalue weighted by molar-refractivity contribution is 0.554. The van der Waals surface area contributed by atoms with Gasteiger partial charge in [0.05, 0.1) is 5.02 Å². The quantitative estimate of drug-likeness (QED) is 0.835. The minimum absolute atomic E-state index is 0.111. The van der Waals surface area contributed by atoms with Crippen LogP contribution in [0.25, 0.3) is 0 Å². The molecule has 1 fully saturated rings. The molecule has 2 atom stereocenters. The molecule has 0 spiro atoms. The van der Waals surface area contributed by atoms with Gasteiger partial charge in [-0.25, -0.2) is 17.5 Å². The predicted molar refractivity (Wildman–Crippen MR) is 68.3 cm³/mol. The Morgan fingerprint density at radius 3 is 2.78 bits per heavy atom. The molecule has 18 heavy (non-hydrogen) atoms. The summed E-state index contributed by atoms with van der Waals surface area (Å²) in [5, 5.41) is -0.293. The average Bonchev–Trinajstić information content (AvgIpc) is 3.00. The van der Waals surface area contributed by atoms with Gasteiger partial charge in [-0.3, -0.25) is 0 Å². The van der Waals surface area contributed by atoms with Gasteiger partial charge in [-0.15, -0.1) is 0 Å². The molecule has 0 amide bonds. The Hall–Kier alpha value is -0.850. The number of rotatable bonds is 4. The maximum atomic E-state index is 13.7. The van der Waals surface area contributed by atoms with Crippen LogP contribution in [-0.4, -0.2) is 14.5 Å². The molecule has 0 saturated heterocycles. The third kappa shape index (κ3) is 2.60. The van der Waals surface area contributed by atoms with Crippen molar-refractivity contribution in [1.29, 1.82) is 0 Å². The first kappa shape index (κ1) is 13.6. The van der Waals surface area contributed by atoms with Crippen LogP contribution in [0.4, 0.5) is 10.1 Å². The summed E-state index contributed by atoms with van der Waals surface area (Å²) in [6.45, 7) is 1.98. The molecule has 1 aromatic rings. The Morgan fingerprint density at radius 1 is 1.56 bits per heavy atom. The number of sulfonamides is 1. The highest BCUT2D eigenvalue weighted by molar-refractivity contribution is 7.89. The topological polar surface area (TPSA) is 72.2 Å². The fourth-order valence-electron chi connectivity index (χ4n) is 1.89. The van der Waals surface area contributed by atoms with E-state index in [4.69, 9.17) is 17.3 Å². The van der Waals surface area contributed by atoms with E-state index in [0.717, 1.165) is 18.9 Å². The first-order valence-corrected chi connectivity index (χ1v) is 7.48. The van der Waals surface area contributed by atoms with Crippen molar-refractivity contribution in [2.24, 2.45) is 5.92 Å². The van der Waals surface area contributed by atoms with Gasteiger partial charge < -0.3 is 5.73 Å².